The summed E-state index contributed by atoms with van der Waals surface area (Å²) in [6.07, 6.45) is 1.64. The van der Waals surface area contributed by atoms with Gasteiger partial charge in [0.05, 0.1) is 5.00 Å². The zero-order valence-corrected chi connectivity index (χ0v) is 10.7. The van der Waals surface area contributed by atoms with Crippen molar-refractivity contribution in [2.24, 2.45) is 0 Å². The summed E-state index contributed by atoms with van der Waals surface area (Å²) >= 11 is 1.44. The fourth-order valence-corrected chi connectivity index (χ4v) is 1.98. The average molecular weight is 275 g/mol. The molecule has 2 rings (SSSR count). The molecule has 19 heavy (non-hydrogen) atoms. The van der Waals surface area contributed by atoms with Crippen LogP contribution in [-0.4, -0.2) is 18.9 Å². The molecule has 0 spiro atoms. The summed E-state index contributed by atoms with van der Waals surface area (Å²) in [5.41, 5.74) is 0.636. The van der Waals surface area contributed by atoms with Crippen LogP contribution in [0.3, 0.4) is 0 Å². The highest BCUT2D eigenvalue weighted by molar-refractivity contribution is 7.14. The van der Waals surface area contributed by atoms with Crippen LogP contribution in [0.2, 0.25) is 0 Å². The molecular formula is C13H11N2O3S. The van der Waals surface area contributed by atoms with E-state index < -0.39 is 0 Å². The second-order valence-corrected chi connectivity index (χ2v) is 4.46. The summed E-state index contributed by atoms with van der Waals surface area (Å²) in [4.78, 5) is 21.7. The third kappa shape index (κ3) is 4.11. The Labute approximate surface area is 114 Å². The number of hydrogen-bond donors (Lipinski definition) is 2. The summed E-state index contributed by atoms with van der Waals surface area (Å²) in [5.74, 6) is 0.549. The van der Waals surface area contributed by atoms with E-state index >= 15 is 0 Å². The van der Waals surface area contributed by atoms with Gasteiger partial charge in [0.15, 0.2) is 6.61 Å². The normalized spacial score (nSPS) is 9.68. The monoisotopic (exact) mass is 275 g/mol. The smallest absolute Gasteiger partial charge is 0.324 e. The van der Waals surface area contributed by atoms with E-state index in [1.807, 2.05) is 17.5 Å². The minimum Gasteiger partial charge on any atom is -0.485 e. The number of carbonyl (C=O) groups excluding carboxylic acids is 2. The molecule has 0 bridgehead atoms. The average Bonchev–Trinajstić information content (AvgIpc) is 2.90. The molecule has 1 heterocycles. The molecule has 2 aromatic rings. The molecule has 5 nitrogen and oxygen atoms in total. The number of ether oxygens (including phenoxy) is 1. The quantitative estimate of drug-likeness (QED) is 0.881. The zero-order chi connectivity index (χ0) is 13.5. The molecule has 1 radical (unpaired) electrons. The van der Waals surface area contributed by atoms with Crippen LogP contribution in [0.15, 0.2) is 41.8 Å². The fourth-order valence-electron chi connectivity index (χ4n) is 1.37. The Balaban J connectivity index is 1.88. The van der Waals surface area contributed by atoms with Crippen molar-refractivity contribution in [2.75, 3.05) is 17.2 Å². The number of hydrogen-bond acceptors (Lipinski definition) is 4. The van der Waals surface area contributed by atoms with Crippen LogP contribution < -0.4 is 15.4 Å². The summed E-state index contributed by atoms with van der Waals surface area (Å²) in [7, 11) is 0. The first kappa shape index (κ1) is 13.1. The van der Waals surface area contributed by atoms with Gasteiger partial charge in [-0.25, -0.2) is 4.79 Å². The zero-order valence-electron chi connectivity index (χ0n) is 9.88. The van der Waals surface area contributed by atoms with Gasteiger partial charge in [0.1, 0.15) is 5.75 Å². The van der Waals surface area contributed by atoms with E-state index in [2.05, 4.69) is 10.6 Å². The standard InChI is InChI=1S/C13H11N2O3S/c16-7-8-18-11-5-3-10(4-6-11)14-13(17)15-12-2-1-9-19-12/h1-6,9H,8H2,(H2,14,15,17). The lowest BCUT2D eigenvalue weighted by Crippen LogP contribution is -2.18. The lowest BCUT2D eigenvalue weighted by atomic mass is 10.3. The third-order valence-electron chi connectivity index (χ3n) is 2.17. The van der Waals surface area contributed by atoms with Gasteiger partial charge in [-0.2, -0.15) is 0 Å². The van der Waals surface area contributed by atoms with Gasteiger partial charge in [0.25, 0.3) is 0 Å². The van der Waals surface area contributed by atoms with Crippen LogP contribution in [0.1, 0.15) is 0 Å². The molecule has 2 N–H and O–H groups in total. The van der Waals surface area contributed by atoms with Crippen molar-refractivity contribution in [3.05, 3.63) is 41.8 Å². The first-order valence-electron chi connectivity index (χ1n) is 5.47. The second kappa shape index (κ2) is 6.55. The minimum absolute atomic E-state index is 0.106. The summed E-state index contributed by atoms with van der Waals surface area (Å²) < 4.78 is 5.05. The topological polar surface area (TPSA) is 67.4 Å². The van der Waals surface area contributed by atoms with Crippen molar-refractivity contribution < 1.29 is 14.3 Å². The van der Waals surface area contributed by atoms with Crippen molar-refractivity contribution >= 4 is 34.3 Å². The van der Waals surface area contributed by atoms with Gasteiger partial charge in [-0.1, -0.05) is 0 Å². The van der Waals surface area contributed by atoms with Gasteiger partial charge >= 0.3 is 6.03 Å². The van der Waals surface area contributed by atoms with Crippen molar-refractivity contribution in [3.8, 4) is 5.75 Å². The van der Waals surface area contributed by atoms with Crippen LogP contribution in [0.5, 0.6) is 5.75 Å². The Kier molecular flexibility index (Phi) is 4.52. The van der Waals surface area contributed by atoms with Crippen molar-refractivity contribution in [1.82, 2.24) is 0 Å². The van der Waals surface area contributed by atoms with Crippen molar-refractivity contribution in [1.29, 1.82) is 0 Å². The first-order valence-corrected chi connectivity index (χ1v) is 6.35. The Morgan fingerprint density at radius 2 is 2.00 bits per heavy atom. The number of urea groups is 1. The van der Waals surface area contributed by atoms with Crippen LogP contribution in [0, 0.1) is 0 Å². The maximum absolute atomic E-state index is 11.6. The Hall–Kier alpha value is -2.34. The summed E-state index contributed by atoms with van der Waals surface area (Å²) in [5, 5.41) is 8.05. The van der Waals surface area contributed by atoms with Crippen molar-refractivity contribution in [2.45, 2.75) is 0 Å². The maximum Gasteiger partial charge on any atom is 0.324 e. The number of nitrogens with one attached hydrogen (secondary N) is 2. The van der Waals surface area contributed by atoms with E-state index in [0.717, 1.165) is 5.00 Å². The molecule has 1 aromatic heterocycles. The molecule has 2 amide bonds. The number of anilines is 2. The van der Waals surface area contributed by atoms with Crippen LogP contribution in [0.4, 0.5) is 15.5 Å². The van der Waals surface area contributed by atoms with Gasteiger partial charge < -0.3 is 10.1 Å². The van der Waals surface area contributed by atoms with E-state index in [0.29, 0.717) is 11.4 Å². The van der Waals surface area contributed by atoms with E-state index in [4.69, 9.17) is 4.74 Å². The van der Waals surface area contributed by atoms with Crippen LogP contribution in [0.25, 0.3) is 0 Å². The first-order chi connectivity index (χ1) is 9.28. The second-order valence-electron chi connectivity index (χ2n) is 3.51. The van der Waals surface area contributed by atoms with Crippen LogP contribution in [-0.2, 0) is 4.79 Å². The summed E-state index contributed by atoms with van der Waals surface area (Å²) in [6, 6.07) is 10.1. The highest BCUT2D eigenvalue weighted by atomic mass is 32.1. The molecule has 0 aliphatic rings. The highest BCUT2D eigenvalue weighted by Gasteiger charge is 2.03. The minimum atomic E-state index is -0.308. The molecule has 0 aliphatic heterocycles. The van der Waals surface area contributed by atoms with Gasteiger partial charge in [-0.3, -0.25) is 10.1 Å². The Bertz CT molecular complexity index is 538. The number of carbonyl (C=O) groups is 1. The predicted molar refractivity (Wildman–Crippen MR) is 74.6 cm³/mol. The Morgan fingerprint density at radius 3 is 2.63 bits per heavy atom. The van der Waals surface area contributed by atoms with Crippen LogP contribution >= 0.6 is 11.3 Å². The number of benzene rings is 1. The van der Waals surface area contributed by atoms with E-state index in [1.165, 1.54) is 11.3 Å². The number of thiophene rings is 1. The SMILES string of the molecule is O=[C]COc1ccc(NC(=O)Nc2cccs2)cc1. The maximum atomic E-state index is 11.6. The third-order valence-corrected chi connectivity index (χ3v) is 2.95. The molecule has 0 atom stereocenters. The molecule has 0 saturated carbocycles. The van der Waals surface area contributed by atoms with E-state index in [-0.39, 0.29) is 12.6 Å². The largest absolute Gasteiger partial charge is 0.485 e. The molecule has 0 fully saturated rings. The van der Waals surface area contributed by atoms with Gasteiger partial charge in [-0.15, -0.1) is 11.3 Å². The highest BCUT2D eigenvalue weighted by Crippen LogP contribution is 2.17. The molecule has 1 aromatic carbocycles. The van der Waals surface area contributed by atoms with Crippen molar-refractivity contribution in [3.63, 3.8) is 0 Å². The Morgan fingerprint density at radius 1 is 1.21 bits per heavy atom. The summed E-state index contributed by atoms with van der Waals surface area (Å²) in [6.45, 7) is -0.106. The van der Waals surface area contributed by atoms with Gasteiger partial charge in [-0.05, 0) is 41.8 Å². The van der Waals surface area contributed by atoms with E-state index in [1.54, 1.807) is 30.6 Å². The molecule has 0 aliphatic carbocycles. The number of rotatable bonds is 5. The van der Waals surface area contributed by atoms with Gasteiger partial charge in [0, 0.05) is 5.69 Å². The molecule has 97 valence electrons. The lowest BCUT2D eigenvalue weighted by molar-refractivity contribution is 0.262. The predicted octanol–water partition coefficient (Wildman–Crippen LogP) is 2.88. The lowest BCUT2D eigenvalue weighted by Gasteiger charge is -2.07. The molecule has 0 unspecified atom stereocenters. The van der Waals surface area contributed by atoms with E-state index in [9.17, 15) is 9.59 Å². The molecule has 6 heteroatoms. The van der Waals surface area contributed by atoms with Gasteiger partial charge in [0.2, 0.25) is 6.29 Å². The molecule has 0 saturated heterocycles. The molecular weight excluding hydrogens is 264 g/mol. The number of amides is 2. The fraction of sp³-hybridized carbons (Fsp3) is 0.0769.